The molecule has 0 bridgehead atoms. The summed E-state index contributed by atoms with van der Waals surface area (Å²) < 4.78 is 0. The van der Waals surface area contributed by atoms with Gasteiger partial charge in [-0.3, -0.25) is 0 Å². The van der Waals surface area contributed by atoms with Gasteiger partial charge in [0.15, 0.2) is 0 Å². The van der Waals surface area contributed by atoms with E-state index >= 15 is 0 Å². The molecule has 1 aliphatic carbocycles. The molecule has 0 heterocycles. The van der Waals surface area contributed by atoms with Crippen LogP contribution < -0.4 is 11.1 Å². The van der Waals surface area contributed by atoms with E-state index in [0.717, 1.165) is 19.0 Å². The van der Waals surface area contributed by atoms with Crippen LogP contribution >= 0.6 is 0 Å². The molecule has 1 aliphatic rings. The first-order valence-electron chi connectivity index (χ1n) is 5.03. The van der Waals surface area contributed by atoms with Crippen molar-refractivity contribution in [3.05, 3.63) is 0 Å². The summed E-state index contributed by atoms with van der Waals surface area (Å²) in [6.07, 6.45) is 2.80. The zero-order valence-corrected chi connectivity index (χ0v) is 8.56. The van der Waals surface area contributed by atoms with Crippen LogP contribution in [0.3, 0.4) is 0 Å². The number of rotatable bonds is 5. The fraction of sp³-hybridized carbons (Fsp3) is 1.00. The van der Waals surface area contributed by atoms with Gasteiger partial charge in [0.25, 0.3) is 0 Å². The standard InChI is InChI=1S/C10H22N2/c1-8(2)10(4-5-10)7-12-6-9(3)11/h8-9,12H,4-7,11H2,1-3H3. The molecule has 1 atom stereocenters. The lowest BCUT2D eigenvalue weighted by molar-refractivity contribution is 0.336. The minimum atomic E-state index is 0.285. The van der Waals surface area contributed by atoms with E-state index in [1.54, 1.807) is 0 Å². The largest absolute Gasteiger partial charge is 0.327 e. The van der Waals surface area contributed by atoms with Gasteiger partial charge in [-0.25, -0.2) is 0 Å². The van der Waals surface area contributed by atoms with Gasteiger partial charge in [-0.15, -0.1) is 0 Å². The lowest BCUT2D eigenvalue weighted by atomic mass is 9.92. The van der Waals surface area contributed by atoms with Crippen LogP contribution in [0.25, 0.3) is 0 Å². The van der Waals surface area contributed by atoms with E-state index in [1.807, 2.05) is 6.92 Å². The Morgan fingerprint density at radius 2 is 1.92 bits per heavy atom. The smallest absolute Gasteiger partial charge is 0.0136 e. The van der Waals surface area contributed by atoms with Gasteiger partial charge in [0.05, 0.1) is 0 Å². The molecule has 0 aliphatic heterocycles. The molecule has 72 valence electrons. The average molecular weight is 170 g/mol. The van der Waals surface area contributed by atoms with Crippen molar-refractivity contribution >= 4 is 0 Å². The van der Waals surface area contributed by atoms with Crippen molar-refractivity contribution in [2.24, 2.45) is 17.1 Å². The van der Waals surface area contributed by atoms with Crippen LogP contribution in [-0.2, 0) is 0 Å². The highest BCUT2D eigenvalue weighted by Crippen LogP contribution is 2.51. The highest BCUT2D eigenvalue weighted by molar-refractivity contribution is 4.97. The van der Waals surface area contributed by atoms with Gasteiger partial charge in [0, 0.05) is 19.1 Å². The third-order valence-electron chi connectivity index (χ3n) is 3.06. The van der Waals surface area contributed by atoms with Crippen LogP contribution in [-0.4, -0.2) is 19.1 Å². The van der Waals surface area contributed by atoms with Gasteiger partial charge in [-0.05, 0) is 31.1 Å². The second-order valence-electron chi connectivity index (χ2n) is 4.63. The lowest BCUT2D eigenvalue weighted by Crippen LogP contribution is -2.36. The summed E-state index contributed by atoms with van der Waals surface area (Å²) in [6.45, 7) is 8.80. The van der Waals surface area contributed by atoms with Gasteiger partial charge in [0.1, 0.15) is 0 Å². The monoisotopic (exact) mass is 170 g/mol. The zero-order valence-electron chi connectivity index (χ0n) is 8.56. The third kappa shape index (κ3) is 2.46. The van der Waals surface area contributed by atoms with Crippen molar-refractivity contribution in [1.82, 2.24) is 5.32 Å². The molecule has 0 aromatic heterocycles. The van der Waals surface area contributed by atoms with Crippen molar-refractivity contribution in [2.75, 3.05) is 13.1 Å². The maximum atomic E-state index is 5.66. The first-order valence-corrected chi connectivity index (χ1v) is 5.03. The van der Waals surface area contributed by atoms with Crippen molar-refractivity contribution in [3.63, 3.8) is 0 Å². The van der Waals surface area contributed by atoms with E-state index in [-0.39, 0.29) is 6.04 Å². The van der Waals surface area contributed by atoms with Gasteiger partial charge in [0.2, 0.25) is 0 Å². The Bertz CT molecular complexity index is 137. The van der Waals surface area contributed by atoms with Crippen LogP contribution in [0.5, 0.6) is 0 Å². The first kappa shape index (κ1) is 10.0. The van der Waals surface area contributed by atoms with Crippen molar-refractivity contribution in [1.29, 1.82) is 0 Å². The van der Waals surface area contributed by atoms with Crippen molar-refractivity contribution in [2.45, 2.75) is 39.7 Å². The Hall–Kier alpha value is -0.0800. The summed E-state index contributed by atoms with van der Waals surface area (Å²) in [5.74, 6) is 0.818. The summed E-state index contributed by atoms with van der Waals surface area (Å²) in [5.41, 5.74) is 6.28. The minimum Gasteiger partial charge on any atom is -0.327 e. The molecular weight excluding hydrogens is 148 g/mol. The maximum Gasteiger partial charge on any atom is 0.0136 e. The second-order valence-corrected chi connectivity index (χ2v) is 4.63. The average Bonchev–Trinajstić information content (AvgIpc) is 2.68. The van der Waals surface area contributed by atoms with Gasteiger partial charge >= 0.3 is 0 Å². The molecule has 2 heteroatoms. The number of hydrogen-bond donors (Lipinski definition) is 2. The van der Waals surface area contributed by atoms with Crippen molar-refractivity contribution in [3.8, 4) is 0 Å². The predicted octanol–water partition coefficient (Wildman–Crippen LogP) is 1.36. The summed E-state index contributed by atoms with van der Waals surface area (Å²) >= 11 is 0. The van der Waals surface area contributed by atoms with Crippen LogP contribution in [0.15, 0.2) is 0 Å². The van der Waals surface area contributed by atoms with Gasteiger partial charge in [-0.2, -0.15) is 0 Å². The predicted molar refractivity (Wildman–Crippen MR) is 53.0 cm³/mol. The molecule has 0 aromatic carbocycles. The Balaban J connectivity index is 2.14. The molecule has 0 amide bonds. The molecule has 0 spiro atoms. The highest BCUT2D eigenvalue weighted by atomic mass is 14.9. The van der Waals surface area contributed by atoms with E-state index in [0.29, 0.717) is 5.41 Å². The van der Waals surface area contributed by atoms with Gasteiger partial charge < -0.3 is 11.1 Å². The number of nitrogens with two attached hydrogens (primary N) is 1. The number of hydrogen-bond acceptors (Lipinski definition) is 2. The molecule has 0 saturated heterocycles. The molecule has 0 radical (unpaired) electrons. The summed E-state index contributed by atoms with van der Waals surface area (Å²) in [5, 5.41) is 3.44. The van der Waals surface area contributed by atoms with E-state index < -0.39 is 0 Å². The van der Waals surface area contributed by atoms with Gasteiger partial charge in [-0.1, -0.05) is 13.8 Å². The first-order chi connectivity index (χ1) is 5.57. The van der Waals surface area contributed by atoms with Crippen molar-refractivity contribution < 1.29 is 0 Å². The Morgan fingerprint density at radius 1 is 1.33 bits per heavy atom. The van der Waals surface area contributed by atoms with Crippen LogP contribution in [0.2, 0.25) is 0 Å². The summed E-state index contributed by atoms with van der Waals surface area (Å²) in [7, 11) is 0. The summed E-state index contributed by atoms with van der Waals surface area (Å²) in [4.78, 5) is 0. The molecule has 1 rings (SSSR count). The highest BCUT2D eigenvalue weighted by Gasteiger charge is 2.44. The number of nitrogens with one attached hydrogen (secondary N) is 1. The van der Waals surface area contributed by atoms with Crippen LogP contribution in [0.1, 0.15) is 33.6 Å². The molecule has 1 fully saturated rings. The molecule has 1 unspecified atom stereocenters. The molecule has 3 N–H and O–H groups in total. The van der Waals surface area contributed by atoms with E-state index in [4.69, 9.17) is 5.73 Å². The van der Waals surface area contributed by atoms with Crippen LogP contribution in [0.4, 0.5) is 0 Å². The second kappa shape index (κ2) is 3.75. The molecule has 0 aromatic rings. The quantitative estimate of drug-likeness (QED) is 0.654. The molecular formula is C10H22N2. The Morgan fingerprint density at radius 3 is 2.25 bits per heavy atom. The Labute approximate surface area is 75.9 Å². The normalized spacial score (nSPS) is 22.8. The molecule has 12 heavy (non-hydrogen) atoms. The molecule has 2 nitrogen and oxygen atoms in total. The topological polar surface area (TPSA) is 38.0 Å². The molecule has 1 saturated carbocycles. The zero-order chi connectivity index (χ0) is 9.19. The maximum absolute atomic E-state index is 5.66. The lowest BCUT2D eigenvalue weighted by Gasteiger charge is -2.20. The Kier molecular flexibility index (Phi) is 3.13. The summed E-state index contributed by atoms with van der Waals surface area (Å²) in [6, 6.07) is 0.285. The van der Waals surface area contributed by atoms with E-state index in [1.165, 1.54) is 12.8 Å². The third-order valence-corrected chi connectivity index (χ3v) is 3.06. The van der Waals surface area contributed by atoms with E-state index in [9.17, 15) is 0 Å². The van der Waals surface area contributed by atoms with E-state index in [2.05, 4.69) is 19.2 Å². The van der Waals surface area contributed by atoms with Crippen LogP contribution in [0, 0.1) is 11.3 Å². The fourth-order valence-electron chi connectivity index (χ4n) is 1.67. The minimum absolute atomic E-state index is 0.285. The SMILES string of the molecule is CC(N)CNCC1(C(C)C)CC1. The fourth-order valence-corrected chi connectivity index (χ4v) is 1.67.